The molecule has 0 bridgehead atoms. The first-order chi connectivity index (χ1) is 7.86. The molecule has 0 fully saturated rings. The zero-order valence-corrected chi connectivity index (χ0v) is 9.43. The van der Waals surface area contributed by atoms with E-state index in [1.807, 2.05) is 16.9 Å². The topological polar surface area (TPSA) is 55.6 Å². The lowest BCUT2D eigenvalue weighted by Crippen LogP contribution is -2.08. The number of aryl methyl sites for hydroxylation is 1. The second kappa shape index (κ2) is 5.46. The van der Waals surface area contributed by atoms with Gasteiger partial charge in [-0.25, -0.2) is 9.97 Å². The van der Waals surface area contributed by atoms with Crippen LogP contribution >= 0.6 is 11.6 Å². The molecule has 2 rings (SSSR count). The van der Waals surface area contributed by atoms with Crippen molar-refractivity contribution in [1.29, 1.82) is 0 Å². The second-order valence-corrected chi connectivity index (χ2v) is 3.60. The predicted octanol–water partition coefficient (Wildman–Crippen LogP) is 1.83. The fourth-order valence-electron chi connectivity index (χ4n) is 1.32. The molecular weight excluding hydrogens is 226 g/mol. The number of aromatic nitrogens is 4. The van der Waals surface area contributed by atoms with Crippen LogP contribution in [0.15, 0.2) is 30.9 Å². The van der Waals surface area contributed by atoms with E-state index in [-0.39, 0.29) is 0 Å². The van der Waals surface area contributed by atoms with E-state index in [1.165, 1.54) is 0 Å². The minimum Gasteiger partial charge on any atom is -0.367 e. The van der Waals surface area contributed by atoms with Gasteiger partial charge in [-0.2, -0.15) is 5.10 Å². The Morgan fingerprint density at radius 2 is 2.12 bits per heavy atom. The van der Waals surface area contributed by atoms with Crippen molar-refractivity contribution in [2.45, 2.75) is 13.0 Å². The number of nitrogens with one attached hydrogen (secondary N) is 1. The molecule has 5 nitrogen and oxygen atoms in total. The zero-order chi connectivity index (χ0) is 11.2. The van der Waals surface area contributed by atoms with Gasteiger partial charge in [0.1, 0.15) is 0 Å². The maximum atomic E-state index is 5.85. The highest BCUT2D eigenvalue weighted by Gasteiger charge is 2.00. The summed E-state index contributed by atoms with van der Waals surface area (Å²) in [7, 11) is 0. The molecule has 0 aromatic carbocycles. The van der Waals surface area contributed by atoms with Crippen LogP contribution in [0.1, 0.15) is 6.42 Å². The summed E-state index contributed by atoms with van der Waals surface area (Å²) in [5.74, 6) is 0.629. The third-order valence-corrected chi connectivity index (χ3v) is 2.35. The van der Waals surface area contributed by atoms with E-state index in [1.54, 1.807) is 18.6 Å². The maximum Gasteiger partial charge on any atom is 0.171 e. The minimum atomic E-state index is 0.404. The molecule has 0 saturated carbocycles. The summed E-state index contributed by atoms with van der Waals surface area (Å²) in [5.41, 5.74) is 0. The Bertz CT molecular complexity index is 429. The van der Waals surface area contributed by atoms with Gasteiger partial charge in [0.2, 0.25) is 0 Å². The molecule has 84 valence electrons. The predicted molar refractivity (Wildman–Crippen MR) is 62.4 cm³/mol. The Kier molecular flexibility index (Phi) is 3.71. The molecule has 0 unspecified atom stereocenters. The molecule has 6 heteroatoms. The molecule has 16 heavy (non-hydrogen) atoms. The number of hydrogen-bond donors (Lipinski definition) is 1. The van der Waals surface area contributed by atoms with Crippen LogP contribution in [0.3, 0.4) is 0 Å². The number of rotatable bonds is 5. The summed E-state index contributed by atoms with van der Waals surface area (Å²) < 4.78 is 1.89. The second-order valence-electron chi connectivity index (χ2n) is 3.25. The Morgan fingerprint density at radius 3 is 2.88 bits per heavy atom. The minimum absolute atomic E-state index is 0.404. The Labute approximate surface area is 98.5 Å². The third kappa shape index (κ3) is 2.93. The Hall–Kier alpha value is -1.62. The summed E-state index contributed by atoms with van der Waals surface area (Å²) in [6, 6.07) is 1.91. The lowest BCUT2D eigenvalue weighted by atomic mass is 10.4. The van der Waals surface area contributed by atoms with Gasteiger partial charge in [-0.15, -0.1) is 0 Å². The molecule has 0 saturated heterocycles. The van der Waals surface area contributed by atoms with Crippen LogP contribution < -0.4 is 5.32 Å². The van der Waals surface area contributed by atoms with Crippen LogP contribution in [0.4, 0.5) is 5.82 Å². The van der Waals surface area contributed by atoms with Gasteiger partial charge in [0, 0.05) is 37.9 Å². The summed E-state index contributed by atoms with van der Waals surface area (Å²) in [6.45, 7) is 1.66. The number of hydrogen-bond acceptors (Lipinski definition) is 4. The van der Waals surface area contributed by atoms with Crippen LogP contribution in [0.5, 0.6) is 0 Å². The fourth-order valence-corrected chi connectivity index (χ4v) is 1.49. The molecule has 2 aromatic heterocycles. The number of nitrogens with zero attached hydrogens (tertiary/aromatic N) is 4. The van der Waals surface area contributed by atoms with Crippen molar-refractivity contribution in [1.82, 2.24) is 19.7 Å². The van der Waals surface area contributed by atoms with E-state index < -0.39 is 0 Å². The lowest BCUT2D eigenvalue weighted by molar-refractivity contribution is 0.591. The van der Waals surface area contributed by atoms with Gasteiger partial charge in [0.05, 0.1) is 0 Å². The Morgan fingerprint density at radius 1 is 1.25 bits per heavy atom. The lowest BCUT2D eigenvalue weighted by Gasteiger charge is -2.06. The first kappa shape index (κ1) is 10.9. The van der Waals surface area contributed by atoms with Crippen LogP contribution in [-0.4, -0.2) is 26.3 Å². The molecule has 0 amide bonds. The van der Waals surface area contributed by atoms with Gasteiger partial charge < -0.3 is 5.32 Å². The molecular formula is C10H12ClN5. The summed E-state index contributed by atoms with van der Waals surface area (Å²) in [4.78, 5) is 8.02. The van der Waals surface area contributed by atoms with E-state index in [0.29, 0.717) is 11.0 Å². The van der Waals surface area contributed by atoms with Crippen molar-refractivity contribution >= 4 is 17.4 Å². The van der Waals surface area contributed by atoms with Gasteiger partial charge in [-0.1, -0.05) is 11.6 Å². The molecule has 2 aromatic rings. The molecule has 0 aliphatic rings. The van der Waals surface area contributed by atoms with Crippen molar-refractivity contribution in [3.8, 4) is 0 Å². The largest absolute Gasteiger partial charge is 0.367 e. The molecule has 2 heterocycles. The fraction of sp³-hybridized carbons (Fsp3) is 0.300. The Balaban J connectivity index is 1.74. The maximum absolute atomic E-state index is 5.85. The van der Waals surface area contributed by atoms with Crippen LogP contribution in [-0.2, 0) is 6.54 Å². The SMILES string of the molecule is Clc1nccnc1NCCCn1cccn1. The van der Waals surface area contributed by atoms with E-state index >= 15 is 0 Å². The average Bonchev–Trinajstić information content (AvgIpc) is 2.79. The van der Waals surface area contributed by atoms with Crippen molar-refractivity contribution in [2.75, 3.05) is 11.9 Å². The van der Waals surface area contributed by atoms with Gasteiger partial charge in [0.15, 0.2) is 11.0 Å². The molecule has 0 atom stereocenters. The summed E-state index contributed by atoms with van der Waals surface area (Å²) in [6.07, 6.45) is 7.84. The van der Waals surface area contributed by atoms with Gasteiger partial charge in [-0.3, -0.25) is 4.68 Å². The third-order valence-electron chi connectivity index (χ3n) is 2.07. The normalized spacial score (nSPS) is 10.3. The molecule has 0 aliphatic heterocycles. The van der Waals surface area contributed by atoms with Crippen molar-refractivity contribution in [2.24, 2.45) is 0 Å². The first-order valence-corrected chi connectivity index (χ1v) is 5.42. The highest BCUT2D eigenvalue weighted by molar-refractivity contribution is 6.31. The zero-order valence-electron chi connectivity index (χ0n) is 8.67. The van der Waals surface area contributed by atoms with Crippen LogP contribution in [0.25, 0.3) is 0 Å². The first-order valence-electron chi connectivity index (χ1n) is 5.04. The average molecular weight is 238 g/mol. The number of anilines is 1. The van der Waals surface area contributed by atoms with Crippen LogP contribution in [0, 0.1) is 0 Å². The van der Waals surface area contributed by atoms with E-state index in [0.717, 1.165) is 19.5 Å². The highest BCUT2D eigenvalue weighted by atomic mass is 35.5. The summed E-state index contributed by atoms with van der Waals surface area (Å²) >= 11 is 5.85. The highest BCUT2D eigenvalue weighted by Crippen LogP contribution is 2.13. The van der Waals surface area contributed by atoms with Gasteiger partial charge in [-0.05, 0) is 12.5 Å². The summed E-state index contributed by atoms with van der Waals surface area (Å²) in [5, 5.41) is 7.65. The standard InChI is InChI=1S/C10H12ClN5/c11-9-10(14-6-5-12-9)13-3-1-7-16-8-2-4-15-16/h2,4-6,8H,1,3,7H2,(H,13,14). The van der Waals surface area contributed by atoms with Crippen LogP contribution in [0.2, 0.25) is 5.15 Å². The van der Waals surface area contributed by atoms with E-state index in [9.17, 15) is 0 Å². The van der Waals surface area contributed by atoms with Crippen molar-refractivity contribution < 1.29 is 0 Å². The van der Waals surface area contributed by atoms with E-state index in [4.69, 9.17) is 11.6 Å². The van der Waals surface area contributed by atoms with Gasteiger partial charge >= 0.3 is 0 Å². The molecule has 0 radical (unpaired) electrons. The molecule has 1 N–H and O–H groups in total. The molecule has 0 aliphatic carbocycles. The molecule has 0 spiro atoms. The number of halogens is 1. The van der Waals surface area contributed by atoms with E-state index in [2.05, 4.69) is 20.4 Å². The van der Waals surface area contributed by atoms with Gasteiger partial charge in [0.25, 0.3) is 0 Å². The quantitative estimate of drug-likeness (QED) is 0.807. The van der Waals surface area contributed by atoms with Crippen molar-refractivity contribution in [3.05, 3.63) is 36.0 Å². The monoisotopic (exact) mass is 237 g/mol. The van der Waals surface area contributed by atoms with Crippen molar-refractivity contribution in [3.63, 3.8) is 0 Å². The smallest absolute Gasteiger partial charge is 0.171 e.